The first kappa shape index (κ1) is 27.4. The molecule has 0 aliphatic carbocycles. The Bertz CT molecular complexity index is 1280. The summed E-state index contributed by atoms with van der Waals surface area (Å²) in [5.74, 6) is -2.85. The summed E-state index contributed by atoms with van der Waals surface area (Å²) in [5.41, 5.74) is -1.15. The van der Waals surface area contributed by atoms with Crippen molar-refractivity contribution >= 4 is 28.9 Å². The number of anilines is 2. The van der Waals surface area contributed by atoms with Crippen molar-refractivity contribution in [3.05, 3.63) is 64.7 Å². The average Bonchev–Trinajstić information content (AvgIpc) is 2.86. The van der Waals surface area contributed by atoms with E-state index in [1.54, 1.807) is 6.08 Å². The van der Waals surface area contributed by atoms with E-state index >= 15 is 4.39 Å². The standard InChI is InChI=1S/C26H27F5N4O3/c1-15-14-35(10-9-33(15)2)23-13-21(28)19(16-5-7-34(8-6-16)25(37)38)12-22(23)32-24(36)18-4-3-17(27)11-20(18)26(29,30)31/h3-5,11-13,15H,6-10,14H2,1-2H3,(H,32,36)(H,37,38)/t15-/m1/s1. The summed E-state index contributed by atoms with van der Waals surface area (Å²) in [5, 5.41) is 11.7. The van der Waals surface area contributed by atoms with Crippen LogP contribution in [0, 0.1) is 11.6 Å². The molecule has 0 saturated carbocycles. The van der Waals surface area contributed by atoms with E-state index in [9.17, 15) is 32.3 Å². The first-order chi connectivity index (χ1) is 17.8. The largest absolute Gasteiger partial charge is 0.465 e. The van der Waals surface area contributed by atoms with Crippen molar-refractivity contribution in [1.29, 1.82) is 0 Å². The zero-order valence-electron chi connectivity index (χ0n) is 20.8. The molecule has 12 heteroatoms. The van der Waals surface area contributed by atoms with Crippen molar-refractivity contribution in [3.63, 3.8) is 0 Å². The number of rotatable bonds is 4. The van der Waals surface area contributed by atoms with Gasteiger partial charge >= 0.3 is 12.3 Å². The number of carbonyl (C=O) groups is 2. The number of carboxylic acid groups (broad SMARTS) is 1. The van der Waals surface area contributed by atoms with Gasteiger partial charge in [-0.1, -0.05) is 6.08 Å². The van der Waals surface area contributed by atoms with Crippen molar-refractivity contribution in [2.75, 3.05) is 50.0 Å². The third-order valence-corrected chi connectivity index (χ3v) is 6.99. The van der Waals surface area contributed by atoms with E-state index in [1.165, 1.54) is 12.1 Å². The van der Waals surface area contributed by atoms with Crippen LogP contribution >= 0.6 is 0 Å². The van der Waals surface area contributed by atoms with Crippen LogP contribution in [0.3, 0.4) is 0 Å². The van der Waals surface area contributed by atoms with Gasteiger partial charge in [0.15, 0.2) is 0 Å². The zero-order chi connectivity index (χ0) is 27.8. The number of carbonyl (C=O) groups excluding carboxylic acids is 1. The van der Waals surface area contributed by atoms with Crippen LogP contribution < -0.4 is 10.2 Å². The number of benzene rings is 2. The van der Waals surface area contributed by atoms with Crippen molar-refractivity contribution < 1.29 is 36.6 Å². The third kappa shape index (κ3) is 5.74. The summed E-state index contributed by atoms with van der Waals surface area (Å²) >= 11 is 0. The molecule has 0 aromatic heterocycles. The Morgan fingerprint density at radius 3 is 2.42 bits per heavy atom. The van der Waals surface area contributed by atoms with Crippen LogP contribution in [0.5, 0.6) is 0 Å². The summed E-state index contributed by atoms with van der Waals surface area (Å²) in [6, 6.07) is 4.49. The lowest BCUT2D eigenvalue weighted by molar-refractivity contribution is -0.138. The fourth-order valence-electron chi connectivity index (χ4n) is 4.66. The Morgan fingerprint density at radius 1 is 1.08 bits per heavy atom. The molecule has 2 aromatic carbocycles. The molecule has 38 heavy (non-hydrogen) atoms. The predicted octanol–water partition coefficient (Wildman–Crippen LogP) is 5.14. The normalized spacial score (nSPS) is 18.8. The minimum absolute atomic E-state index is 0.0496. The fraction of sp³-hybridized carbons (Fsp3) is 0.385. The summed E-state index contributed by atoms with van der Waals surface area (Å²) in [7, 11) is 1.94. The molecule has 0 radical (unpaired) electrons. The molecule has 0 bridgehead atoms. The molecule has 0 spiro atoms. The number of hydrogen-bond acceptors (Lipinski definition) is 4. The average molecular weight is 539 g/mol. The second-order valence-electron chi connectivity index (χ2n) is 9.47. The molecule has 0 unspecified atom stereocenters. The number of nitrogens with zero attached hydrogens (tertiary/aromatic N) is 3. The first-order valence-electron chi connectivity index (χ1n) is 12.0. The van der Waals surface area contributed by atoms with E-state index < -0.39 is 40.9 Å². The van der Waals surface area contributed by atoms with Crippen LogP contribution in [0.4, 0.5) is 38.1 Å². The van der Waals surface area contributed by atoms with E-state index in [2.05, 4.69) is 10.2 Å². The molecular weight excluding hydrogens is 511 g/mol. The zero-order valence-corrected chi connectivity index (χ0v) is 20.8. The van der Waals surface area contributed by atoms with E-state index in [1.807, 2.05) is 18.9 Å². The van der Waals surface area contributed by atoms with Gasteiger partial charge in [0, 0.05) is 44.3 Å². The molecule has 2 amide bonds. The Balaban J connectivity index is 1.75. The minimum Gasteiger partial charge on any atom is -0.465 e. The maximum absolute atomic E-state index is 15.4. The van der Waals surface area contributed by atoms with Crippen LogP contribution in [-0.2, 0) is 6.18 Å². The second-order valence-corrected chi connectivity index (χ2v) is 9.47. The van der Waals surface area contributed by atoms with Crippen LogP contribution in [0.2, 0.25) is 0 Å². The number of nitrogens with one attached hydrogen (secondary N) is 1. The molecule has 7 nitrogen and oxygen atoms in total. The highest BCUT2D eigenvalue weighted by atomic mass is 19.4. The van der Waals surface area contributed by atoms with Gasteiger partial charge in [-0.25, -0.2) is 13.6 Å². The van der Waals surface area contributed by atoms with E-state index in [-0.39, 0.29) is 42.9 Å². The summed E-state index contributed by atoms with van der Waals surface area (Å²) in [6.07, 6.45) is -4.28. The number of alkyl halides is 3. The molecule has 204 valence electrons. The quantitative estimate of drug-likeness (QED) is 0.528. The van der Waals surface area contributed by atoms with E-state index in [0.29, 0.717) is 30.9 Å². The predicted molar refractivity (Wildman–Crippen MR) is 132 cm³/mol. The smallest absolute Gasteiger partial charge is 0.417 e. The molecule has 2 N–H and O–H groups in total. The van der Waals surface area contributed by atoms with Gasteiger partial charge in [-0.3, -0.25) is 4.79 Å². The van der Waals surface area contributed by atoms with Gasteiger partial charge in [-0.15, -0.1) is 0 Å². The molecule has 1 saturated heterocycles. The molecule has 2 aliphatic heterocycles. The van der Waals surface area contributed by atoms with Gasteiger partial charge in [-0.2, -0.15) is 13.2 Å². The number of piperazine rings is 1. The number of amides is 2. The van der Waals surface area contributed by atoms with E-state index in [4.69, 9.17) is 0 Å². The van der Waals surface area contributed by atoms with Gasteiger partial charge in [0.05, 0.1) is 22.5 Å². The number of halogens is 5. The van der Waals surface area contributed by atoms with Gasteiger partial charge in [0.1, 0.15) is 11.6 Å². The molecular formula is C26H27F5N4O3. The Hall–Kier alpha value is -3.67. The molecule has 2 aromatic rings. The summed E-state index contributed by atoms with van der Waals surface area (Å²) < 4.78 is 69.7. The number of hydrogen-bond donors (Lipinski definition) is 2. The van der Waals surface area contributed by atoms with Crippen molar-refractivity contribution in [1.82, 2.24) is 9.80 Å². The number of likely N-dealkylation sites (N-methyl/N-ethyl adjacent to an activating group) is 1. The fourth-order valence-corrected chi connectivity index (χ4v) is 4.66. The van der Waals surface area contributed by atoms with Crippen LogP contribution in [0.15, 0.2) is 36.4 Å². The minimum atomic E-state index is -4.97. The van der Waals surface area contributed by atoms with Gasteiger partial charge < -0.3 is 25.1 Å². The Morgan fingerprint density at radius 2 is 1.82 bits per heavy atom. The lowest BCUT2D eigenvalue weighted by Crippen LogP contribution is -2.50. The third-order valence-electron chi connectivity index (χ3n) is 6.99. The molecule has 1 atom stereocenters. The highest BCUT2D eigenvalue weighted by Crippen LogP contribution is 2.37. The van der Waals surface area contributed by atoms with Gasteiger partial charge in [0.25, 0.3) is 5.91 Å². The maximum atomic E-state index is 15.4. The highest BCUT2D eigenvalue weighted by Gasteiger charge is 2.36. The highest BCUT2D eigenvalue weighted by molar-refractivity contribution is 6.07. The lowest BCUT2D eigenvalue weighted by Gasteiger charge is -2.40. The van der Waals surface area contributed by atoms with Crippen molar-refractivity contribution in [3.8, 4) is 0 Å². The van der Waals surface area contributed by atoms with Gasteiger partial charge in [-0.05, 0) is 56.3 Å². The molecule has 2 heterocycles. The second kappa shape index (κ2) is 10.6. The SMILES string of the molecule is C[C@@H]1CN(c2cc(F)c(C3=CCN(C(=O)O)CC3)cc2NC(=O)c2ccc(F)cc2C(F)(F)F)CCN1C. The van der Waals surface area contributed by atoms with Gasteiger partial charge in [0.2, 0.25) is 0 Å². The Labute approximate surface area is 216 Å². The lowest BCUT2D eigenvalue weighted by atomic mass is 9.97. The van der Waals surface area contributed by atoms with E-state index in [0.717, 1.165) is 17.0 Å². The topological polar surface area (TPSA) is 76.1 Å². The summed E-state index contributed by atoms with van der Waals surface area (Å²) in [4.78, 5) is 29.4. The van der Waals surface area contributed by atoms with Crippen molar-refractivity contribution in [2.24, 2.45) is 0 Å². The molecule has 2 aliphatic rings. The van der Waals surface area contributed by atoms with Crippen molar-refractivity contribution in [2.45, 2.75) is 25.6 Å². The van der Waals surface area contributed by atoms with Crippen LogP contribution in [0.1, 0.15) is 34.8 Å². The monoisotopic (exact) mass is 538 g/mol. The molecule has 4 rings (SSSR count). The van der Waals surface area contributed by atoms with Crippen LogP contribution in [-0.4, -0.2) is 72.7 Å². The van der Waals surface area contributed by atoms with Crippen LogP contribution in [0.25, 0.3) is 5.57 Å². The maximum Gasteiger partial charge on any atom is 0.417 e. The summed E-state index contributed by atoms with van der Waals surface area (Å²) in [6.45, 7) is 3.79. The first-order valence-corrected chi connectivity index (χ1v) is 12.0. The molecule has 1 fully saturated rings. The Kier molecular flexibility index (Phi) is 7.63.